The van der Waals surface area contributed by atoms with Crippen LogP contribution in [0.3, 0.4) is 0 Å². The molecule has 1 aromatic rings. The van der Waals surface area contributed by atoms with Gasteiger partial charge in [0.1, 0.15) is 11.6 Å². The SMILES string of the molecule is CCN1CCN(CCN2C(=O)[C@H]3[C@@H](C(=O)Nc4cc(Cl)cc(Cl)c4)[C@@H]4C=C[C@]3(O4)C2C(=O)NC2CCCCC2)CC1. The molecule has 4 heterocycles. The van der Waals surface area contributed by atoms with Crippen molar-refractivity contribution in [2.45, 2.75) is 62.8 Å². The van der Waals surface area contributed by atoms with E-state index in [2.05, 4.69) is 27.4 Å². The van der Waals surface area contributed by atoms with Gasteiger partial charge in [0.15, 0.2) is 0 Å². The molecular formula is C30H39Cl2N5O4. The third-order valence-corrected chi connectivity index (χ3v) is 10.0. The number of carbonyl (C=O) groups is 3. The van der Waals surface area contributed by atoms with Crippen LogP contribution in [-0.2, 0) is 19.1 Å². The predicted octanol–water partition coefficient (Wildman–Crippen LogP) is 3.17. The Morgan fingerprint density at radius 1 is 0.976 bits per heavy atom. The zero-order valence-corrected chi connectivity index (χ0v) is 25.0. The van der Waals surface area contributed by atoms with Crippen LogP contribution >= 0.6 is 23.2 Å². The first kappa shape index (κ1) is 28.9. The number of carbonyl (C=O) groups excluding carboxylic acids is 3. The molecule has 222 valence electrons. The molecule has 5 aliphatic rings. The van der Waals surface area contributed by atoms with Crippen LogP contribution < -0.4 is 10.6 Å². The summed E-state index contributed by atoms with van der Waals surface area (Å²) >= 11 is 12.3. The van der Waals surface area contributed by atoms with Crippen molar-refractivity contribution in [1.29, 1.82) is 0 Å². The van der Waals surface area contributed by atoms with Gasteiger partial charge >= 0.3 is 0 Å². The molecule has 4 fully saturated rings. The molecule has 1 unspecified atom stereocenters. The summed E-state index contributed by atoms with van der Waals surface area (Å²) in [5.74, 6) is -2.28. The number of fused-ring (bicyclic) bond motifs is 1. The fourth-order valence-corrected chi connectivity index (χ4v) is 7.99. The molecule has 2 bridgehead atoms. The van der Waals surface area contributed by atoms with Gasteiger partial charge in [-0.15, -0.1) is 0 Å². The molecule has 9 nitrogen and oxygen atoms in total. The van der Waals surface area contributed by atoms with Crippen molar-refractivity contribution < 1.29 is 19.1 Å². The Labute approximate surface area is 251 Å². The summed E-state index contributed by atoms with van der Waals surface area (Å²) in [5, 5.41) is 6.94. The van der Waals surface area contributed by atoms with Crippen molar-refractivity contribution in [3.05, 3.63) is 40.4 Å². The van der Waals surface area contributed by atoms with E-state index in [1.165, 1.54) is 6.42 Å². The highest BCUT2D eigenvalue weighted by Gasteiger charge is 2.72. The Kier molecular flexibility index (Phi) is 8.35. The van der Waals surface area contributed by atoms with Gasteiger partial charge in [-0.3, -0.25) is 19.3 Å². The lowest BCUT2D eigenvalue weighted by molar-refractivity contribution is -0.141. The summed E-state index contributed by atoms with van der Waals surface area (Å²) in [5.41, 5.74) is -0.719. The molecule has 6 rings (SSSR count). The molecular weight excluding hydrogens is 565 g/mol. The standard InChI is InChI=1S/C30H39Cl2N5O4/c1-2-35-10-12-36(13-11-35)14-15-37-26(28(39)33-21-6-4-3-5-7-21)30-9-8-23(41-30)24(25(30)29(37)40)27(38)34-22-17-19(31)16-20(32)18-22/h8-9,16-18,21,23-26H,2-7,10-15H2,1H3,(H,33,39)(H,34,38)/t23-,24-,25+,26?,30+/m0/s1. The van der Waals surface area contributed by atoms with Crippen molar-refractivity contribution >= 4 is 46.6 Å². The largest absolute Gasteiger partial charge is 0.359 e. The number of likely N-dealkylation sites (tertiary alicyclic amines) is 1. The molecule has 3 amide bonds. The van der Waals surface area contributed by atoms with Crippen molar-refractivity contribution in [3.8, 4) is 0 Å². The lowest BCUT2D eigenvalue weighted by atomic mass is 9.74. The van der Waals surface area contributed by atoms with Gasteiger partial charge < -0.3 is 25.2 Å². The molecule has 3 saturated heterocycles. The number of rotatable bonds is 8. The van der Waals surface area contributed by atoms with E-state index >= 15 is 0 Å². The van der Waals surface area contributed by atoms with Gasteiger partial charge in [0.25, 0.3) is 0 Å². The number of likely N-dealkylation sites (N-methyl/N-ethyl adjacent to an activating group) is 1. The summed E-state index contributed by atoms with van der Waals surface area (Å²) in [4.78, 5) is 48.3. The van der Waals surface area contributed by atoms with Gasteiger partial charge in [-0.2, -0.15) is 0 Å². The van der Waals surface area contributed by atoms with Gasteiger partial charge in [-0.25, -0.2) is 0 Å². The smallest absolute Gasteiger partial charge is 0.246 e. The van der Waals surface area contributed by atoms with Crippen LogP contribution in [0, 0.1) is 11.8 Å². The Morgan fingerprint density at radius 2 is 1.66 bits per heavy atom. The fourth-order valence-electron chi connectivity index (χ4n) is 7.46. The summed E-state index contributed by atoms with van der Waals surface area (Å²) in [6, 6.07) is 4.10. The Bertz CT molecular complexity index is 1200. The Hall–Kier alpha value is -2.17. The van der Waals surface area contributed by atoms with Crippen LogP contribution in [0.25, 0.3) is 0 Å². The van der Waals surface area contributed by atoms with E-state index in [0.29, 0.717) is 28.8 Å². The normalized spacial score (nSPS) is 32.0. The number of piperazine rings is 1. The maximum atomic E-state index is 14.2. The third-order valence-electron chi connectivity index (χ3n) is 9.58. The van der Waals surface area contributed by atoms with Gasteiger partial charge in [0.05, 0.1) is 17.9 Å². The van der Waals surface area contributed by atoms with Gasteiger partial charge in [0, 0.05) is 61.0 Å². The minimum absolute atomic E-state index is 0.0972. The second kappa shape index (κ2) is 11.8. The molecule has 1 spiro atoms. The van der Waals surface area contributed by atoms with E-state index in [0.717, 1.165) is 58.4 Å². The number of nitrogens with zero attached hydrogens (tertiary/aromatic N) is 3. The number of ether oxygens (including phenoxy) is 1. The summed E-state index contributed by atoms with van der Waals surface area (Å²) < 4.78 is 6.48. The zero-order chi connectivity index (χ0) is 28.7. The zero-order valence-electron chi connectivity index (χ0n) is 23.5. The van der Waals surface area contributed by atoms with Crippen molar-refractivity contribution in [2.75, 3.05) is 51.1 Å². The molecule has 0 radical (unpaired) electrons. The van der Waals surface area contributed by atoms with Crippen LogP contribution in [0.15, 0.2) is 30.4 Å². The number of halogens is 2. The topological polar surface area (TPSA) is 94.2 Å². The van der Waals surface area contributed by atoms with E-state index in [1.54, 1.807) is 23.1 Å². The molecule has 0 aromatic heterocycles. The van der Waals surface area contributed by atoms with E-state index in [4.69, 9.17) is 27.9 Å². The highest BCUT2D eigenvalue weighted by atomic mass is 35.5. The van der Waals surface area contributed by atoms with Gasteiger partial charge in [0.2, 0.25) is 17.7 Å². The lowest BCUT2D eigenvalue weighted by Crippen LogP contribution is -2.57. The van der Waals surface area contributed by atoms with Crippen molar-refractivity contribution in [2.24, 2.45) is 11.8 Å². The van der Waals surface area contributed by atoms with Gasteiger partial charge in [-0.05, 0) is 37.6 Å². The average molecular weight is 605 g/mol. The summed E-state index contributed by atoms with van der Waals surface area (Å²) in [7, 11) is 0. The number of hydrogen-bond donors (Lipinski definition) is 2. The van der Waals surface area contributed by atoms with Crippen LogP contribution in [0.4, 0.5) is 5.69 Å². The fraction of sp³-hybridized carbons (Fsp3) is 0.633. The minimum atomic E-state index is -1.17. The summed E-state index contributed by atoms with van der Waals surface area (Å²) in [6.45, 7) is 8.11. The molecule has 5 atom stereocenters. The first-order valence-corrected chi connectivity index (χ1v) is 15.7. The Balaban J connectivity index is 1.25. The number of anilines is 1. The van der Waals surface area contributed by atoms with Crippen LogP contribution in [0.5, 0.6) is 0 Å². The van der Waals surface area contributed by atoms with E-state index in [1.807, 2.05) is 12.2 Å². The quantitative estimate of drug-likeness (QED) is 0.443. The van der Waals surface area contributed by atoms with E-state index < -0.39 is 29.6 Å². The first-order valence-electron chi connectivity index (χ1n) is 15.0. The third kappa shape index (κ3) is 5.52. The van der Waals surface area contributed by atoms with Crippen LogP contribution in [0.1, 0.15) is 39.0 Å². The van der Waals surface area contributed by atoms with Crippen molar-refractivity contribution in [1.82, 2.24) is 20.0 Å². The molecule has 41 heavy (non-hydrogen) atoms. The highest BCUT2D eigenvalue weighted by Crippen LogP contribution is 2.55. The molecule has 11 heteroatoms. The maximum absolute atomic E-state index is 14.2. The van der Waals surface area contributed by atoms with Gasteiger partial charge in [-0.1, -0.05) is 61.5 Å². The van der Waals surface area contributed by atoms with Crippen LogP contribution in [-0.4, -0.2) is 102 Å². The number of benzene rings is 1. The second-order valence-corrected chi connectivity index (χ2v) is 12.9. The molecule has 1 aromatic carbocycles. The van der Waals surface area contributed by atoms with Crippen LogP contribution in [0.2, 0.25) is 10.0 Å². The first-order chi connectivity index (χ1) is 19.8. The molecule has 1 aliphatic carbocycles. The minimum Gasteiger partial charge on any atom is -0.359 e. The highest BCUT2D eigenvalue weighted by molar-refractivity contribution is 6.35. The predicted molar refractivity (Wildman–Crippen MR) is 158 cm³/mol. The Morgan fingerprint density at radius 3 is 2.34 bits per heavy atom. The van der Waals surface area contributed by atoms with E-state index in [9.17, 15) is 14.4 Å². The number of hydrogen-bond acceptors (Lipinski definition) is 6. The molecule has 1 saturated carbocycles. The number of amides is 3. The molecule has 2 N–H and O–H groups in total. The lowest BCUT2D eigenvalue weighted by Gasteiger charge is -2.37. The maximum Gasteiger partial charge on any atom is 0.246 e. The van der Waals surface area contributed by atoms with Crippen molar-refractivity contribution in [3.63, 3.8) is 0 Å². The average Bonchev–Trinajstić information content (AvgIpc) is 3.59. The number of nitrogens with one attached hydrogen (secondary N) is 2. The monoisotopic (exact) mass is 603 g/mol. The second-order valence-electron chi connectivity index (χ2n) is 12.0. The van der Waals surface area contributed by atoms with E-state index in [-0.39, 0.29) is 23.8 Å². The molecule has 4 aliphatic heterocycles. The summed E-state index contributed by atoms with van der Waals surface area (Å²) in [6.07, 6.45) is 8.36.